The molecule has 14 heavy (non-hydrogen) atoms. The van der Waals surface area contributed by atoms with Crippen LogP contribution < -0.4 is 0 Å². The first-order valence-corrected chi connectivity index (χ1v) is 4.92. The van der Waals surface area contributed by atoms with Gasteiger partial charge in [-0.1, -0.05) is 20.3 Å². The van der Waals surface area contributed by atoms with Crippen molar-refractivity contribution in [2.75, 3.05) is 0 Å². The second-order valence-corrected chi connectivity index (χ2v) is 3.37. The zero-order valence-corrected chi connectivity index (χ0v) is 8.89. The van der Waals surface area contributed by atoms with E-state index >= 15 is 0 Å². The van der Waals surface area contributed by atoms with Crippen LogP contribution in [0.5, 0.6) is 0 Å². The molecule has 1 N–H and O–H groups in total. The average Bonchev–Trinajstić information content (AvgIpc) is 2.49. The van der Waals surface area contributed by atoms with Crippen molar-refractivity contribution in [2.24, 2.45) is 0 Å². The van der Waals surface area contributed by atoms with Gasteiger partial charge in [-0.05, 0) is 30.7 Å². The zero-order valence-electron chi connectivity index (χ0n) is 8.89. The van der Waals surface area contributed by atoms with E-state index in [0.29, 0.717) is 0 Å². The Morgan fingerprint density at radius 2 is 1.93 bits per heavy atom. The van der Waals surface area contributed by atoms with Gasteiger partial charge in [0.2, 0.25) is 0 Å². The Bertz CT molecular complexity index is 404. The lowest BCUT2D eigenvalue weighted by atomic mass is 10.2. The molecule has 1 aromatic heterocycles. The van der Waals surface area contributed by atoms with Crippen LogP contribution in [0.25, 0.3) is 10.9 Å². The third kappa shape index (κ3) is 2.34. The van der Waals surface area contributed by atoms with Crippen molar-refractivity contribution in [1.29, 1.82) is 0 Å². The lowest BCUT2D eigenvalue weighted by molar-refractivity contribution is 0.629. The number of rotatable bonds is 0. The van der Waals surface area contributed by atoms with Gasteiger partial charge in [-0.3, -0.25) is 0 Å². The van der Waals surface area contributed by atoms with Gasteiger partial charge in [0.05, 0.1) is 0 Å². The summed E-state index contributed by atoms with van der Waals surface area (Å²) in [6.45, 7) is 6.21. The lowest BCUT2D eigenvalue weighted by Crippen LogP contribution is -1.73. The summed E-state index contributed by atoms with van der Waals surface area (Å²) in [7, 11) is 0. The lowest BCUT2D eigenvalue weighted by Gasteiger charge is -1.90. The molecule has 0 unspecified atom stereocenters. The molecule has 0 aliphatic heterocycles. The SMILES string of the molecule is CCC.Cc1c[nH]c2ccc(F)cc12. The molecular formula is C12H16FN. The molecule has 0 bridgehead atoms. The summed E-state index contributed by atoms with van der Waals surface area (Å²) < 4.78 is 12.7. The van der Waals surface area contributed by atoms with Gasteiger partial charge >= 0.3 is 0 Å². The normalized spacial score (nSPS) is 9.71. The van der Waals surface area contributed by atoms with Gasteiger partial charge in [0.1, 0.15) is 5.82 Å². The minimum atomic E-state index is -0.180. The maximum atomic E-state index is 12.7. The van der Waals surface area contributed by atoms with Crippen molar-refractivity contribution in [2.45, 2.75) is 27.2 Å². The van der Waals surface area contributed by atoms with Crippen molar-refractivity contribution in [1.82, 2.24) is 4.98 Å². The molecule has 1 nitrogen and oxygen atoms in total. The molecule has 0 radical (unpaired) electrons. The van der Waals surface area contributed by atoms with E-state index in [1.807, 2.05) is 13.1 Å². The minimum Gasteiger partial charge on any atom is -0.361 e. The highest BCUT2D eigenvalue weighted by Crippen LogP contribution is 2.17. The van der Waals surface area contributed by atoms with E-state index in [1.165, 1.54) is 12.5 Å². The molecule has 0 aliphatic carbocycles. The highest BCUT2D eigenvalue weighted by molar-refractivity contribution is 5.82. The van der Waals surface area contributed by atoms with Gasteiger partial charge < -0.3 is 4.98 Å². The third-order valence-electron chi connectivity index (χ3n) is 1.85. The Hall–Kier alpha value is -1.31. The van der Waals surface area contributed by atoms with E-state index in [1.54, 1.807) is 12.1 Å². The third-order valence-corrected chi connectivity index (χ3v) is 1.85. The number of aromatic amines is 1. The van der Waals surface area contributed by atoms with Crippen LogP contribution in [0.4, 0.5) is 4.39 Å². The molecule has 0 atom stereocenters. The first kappa shape index (κ1) is 10.8. The maximum absolute atomic E-state index is 12.7. The van der Waals surface area contributed by atoms with Gasteiger partial charge in [0.25, 0.3) is 0 Å². The number of nitrogens with one attached hydrogen (secondary N) is 1. The Kier molecular flexibility index (Phi) is 3.69. The van der Waals surface area contributed by atoms with Crippen LogP contribution in [0, 0.1) is 12.7 Å². The Morgan fingerprint density at radius 1 is 1.29 bits per heavy atom. The highest BCUT2D eigenvalue weighted by Gasteiger charge is 1.98. The summed E-state index contributed by atoms with van der Waals surface area (Å²) in [5.41, 5.74) is 2.07. The topological polar surface area (TPSA) is 15.8 Å². The number of hydrogen-bond acceptors (Lipinski definition) is 0. The van der Waals surface area contributed by atoms with E-state index in [0.717, 1.165) is 16.5 Å². The van der Waals surface area contributed by atoms with Crippen LogP contribution in [0.15, 0.2) is 24.4 Å². The molecule has 0 saturated carbocycles. The summed E-state index contributed by atoms with van der Waals surface area (Å²) in [4.78, 5) is 3.05. The second-order valence-electron chi connectivity index (χ2n) is 3.37. The predicted octanol–water partition coefficient (Wildman–Crippen LogP) is 4.03. The molecule has 76 valence electrons. The number of hydrogen-bond donors (Lipinski definition) is 1. The number of halogens is 1. The molecule has 0 fully saturated rings. The van der Waals surface area contributed by atoms with E-state index in [9.17, 15) is 4.39 Å². The van der Waals surface area contributed by atoms with Crippen molar-refractivity contribution >= 4 is 10.9 Å². The fourth-order valence-corrected chi connectivity index (χ4v) is 1.23. The molecule has 2 rings (SSSR count). The standard InChI is InChI=1S/C9H8FN.C3H8/c1-6-5-11-9-3-2-7(10)4-8(6)9;1-3-2/h2-5,11H,1H3;3H2,1-2H3. The maximum Gasteiger partial charge on any atom is 0.123 e. The van der Waals surface area contributed by atoms with Gasteiger partial charge in [-0.25, -0.2) is 4.39 Å². The molecule has 1 aromatic carbocycles. The molecular weight excluding hydrogens is 177 g/mol. The quantitative estimate of drug-likeness (QED) is 0.650. The monoisotopic (exact) mass is 193 g/mol. The van der Waals surface area contributed by atoms with Crippen LogP contribution in [-0.2, 0) is 0 Å². The summed E-state index contributed by atoms with van der Waals surface area (Å²) in [5.74, 6) is -0.180. The summed E-state index contributed by atoms with van der Waals surface area (Å²) >= 11 is 0. The fraction of sp³-hybridized carbons (Fsp3) is 0.333. The Morgan fingerprint density at radius 3 is 2.57 bits per heavy atom. The van der Waals surface area contributed by atoms with Crippen LogP contribution in [-0.4, -0.2) is 4.98 Å². The molecule has 2 aromatic rings. The van der Waals surface area contributed by atoms with Gasteiger partial charge in [-0.2, -0.15) is 0 Å². The van der Waals surface area contributed by atoms with Crippen molar-refractivity contribution in [3.63, 3.8) is 0 Å². The number of fused-ring (bicyclic) bond motifs is 1. The zero-order chi connectivity index (χ0) is 10.6. The van der Waals surface area contributed by atoms with Gasteiger partial charge in [0.15, 0.2) is 0 Å². The molecule has 2 heteroatoms. The van der Waals surface area contributed by atoms with Gasteiger partial charge in [-0.15, -0.1) is 0 Å². The Balaban J connectivity index is 0.000000293. The van der Waals surface area contributed by atoms with E-state index < -0.39 is 0 Å². The molecule has 1 heterocycles. The van der Waals surface area contributed by atoms with Crippen LogP contribution in [0.3, 0.4) is 0 Å². The molecule has 0 amide bonds. The highest BCUT2D eigenvalue weighted by atomic mass is 19.1. The van der Waals surface area contributed by atoms with E-state index in [-0.39, 0.29) is 5.82 Å². The summed E-state index contributed by atoms with van der Waals surface area (Å²) in [6, 6.07) is 4.75. The first-order chi connectivity index (χ1) is 6.69. The summed E-state index contributed by atoms with van der Waals surface area (Å²) in [6.07, 6.45) is 3.13. The van der Waals surface area contributed by atoms with Crippen molar-refractivity contribution in [3.8, 4) is 0 Å². The second kappa shape index (κ2) is 4.80. The number of aryl methyl sites for hydroxylation is 1. The smallest absolute Gasteiger partial charge is 0.123 e. The molecule has 0 aliphatic rings. The van der Waals surface area contributed by atoms with Crippen LogP contribution in [0.1, 0.15) is 25.8 Å². The number of aromatic nitrogens is 1. The van der Waals surface area contributed by atoms with Crippen LogP contribution >= 0.6 is 0 Å². The van der Waals surface area contributed by atoms with Crippen molar-refractivity contribution < 1.29 is 4.39 Å². The largest absolute Gasteiger partial charge is 0.361 e. The molecule has 0 spiro atoms. The number of H-pyrrole nitrogens is 1. The van der Waals surface area contributed by atoms with Crippen LogP contribution in [0.2, 0.25) is 0 Å². The first-order valence-electron chi connectivity index (χ1n) is 4.92. The molecule has 0 saturated heterocycles. The van der Waals surface area contributed by atoms with E-state index in [2.05, 4.69) is 18.8 Å². The van der Waals surface area contributed by atoms with E-state index in [4.69, 9.17) is 0 Å². The van der Waals surface area contributed by atoms with Gasteiger partial charge in [0, 0.05) is 17.1 Å². The summed E-state index contributed by atoms with van der Waals surface area (Å²) in [5, 5.41) is 0.963. The number of benzene rings is 1. The fourth-order valence-electron chi connectivity index (χ4n) is 1.23. The predicted molar refractivity (Wildman–Crippen MR) is 59.0 cm³/mol. The minimum absolute atomic E-state index is 0.180. The average molecular weight is 193 g/mol. The van der Waals surface area contributed by atoms with Crippen molar-refractivity contribution in [3.05, 3.63) is 35.8 Å². The Labute approximate surface area is 84.0 Å².